The number of aryl methyl sites for hydroxylation is 1. The second-order valence-electron chi connectivity index (χ2n) is 5.96. The monoisotopic (exact) mass is 337 g/mol. The van der Waals surface area contributed by atoms with Crippen LogP contribution in [-0.2, 0) is 0 Å². The zero-order valence-electron chi connectivity index (χ0n) is 12.2. The van der Waals surface area contributed by atoms with Crippen molar-refractivity contribution in [3.05, 3.63) is 28.2 Å². The SMILES string of the molecule is Cc1ccc(N2CCN(C3CCCNC3)CC2)cc1Br. The zero-order valence-corrected chi connectivity index (χ0v) is 13.8. The number of hydrogen-bond acceptors (Lipinski definition) is 3. The lowest BCUT2D eigenvalue weighted by Crippen LogP contribution is -2.54. The van der Waals surface area contributed by atoms with Crippen LogP contribution in [0.1, 0.15) is 18.4 Å². The van der Waals surface area contributed by atoms with Gasteiger partial charge in [-0.05, 0) is 44.0 Å². The third kappa shape index (κ3) is 3.18. The summed E-state index contributed by atoms with van der Waals surface area (Å²) < 4.78 is 1.22. The standard InChI is InChI=1S/C16H24BrN3/c1-13-4-5-14(11-16(13)17)19-7-9-20(10-8-19)15-3-2-6-18-12-15/h4-5,11,15,18H,2-3,6-10,12H2,1H3. The molecule has 1 atom stereocenters. The van der Waals surface area contributed by atoms with E-state index in [-0.39, 0.29) is 0 Å². The van der Waals surface area contributed by atoms with Crippen molar-refractivity contribution in [3.63, 3.8) is 0 Å². The molecule has 0 radical (unpaired) electrons. The van der Waals surface area contributed by atoms with Gasteiger partial charge in [-0.2, -0.15) is 0 Å². The molecule has 1 aromatic rings. The smallest absolute Gasteiger partial charge is 0.0378 e. The molecule has 0 aromatic heterocycles. The Bertz CT molecular complexity index is 449. The van der Waals surface area contributed by atoms with Crippen LogP contribution in [0.5, 0.6) is 0 Å². The number of rotatable bonds is 2. The molecule has 2 fully saturated rings. The Morgan fingerprint density at radius 3 is 2.65 bits per heavy atom. The number of piperazine rings is 1. The molecule has 2 aliphatic rings. The fraction of sp³-hybridized carbons (Fsp3) is 0.625. The Balaban J connectivity index is 1.58. The molecule has 110 valence electrons. The van der Waals surface area contributed by atoms with Crippen LogP contribution >= 0.6 is 15.9 Å². The van der Waals surface area contributed by atoms with Crippen molar-refractivity contribution in [2.45, 2.75) is 25.8 Å². The number of piperidine rings is 1. The highest BCUT2D eigenvalue weighted by molar-refractivity contribution is 9.10. The highest BCUT2D eigenvalue weighted by Gasteiger charge is 2.25. The summed E-state index contributed by atoms with van der Waals surface area (Å²) in [6.45, 7) is 9.19. The summed E-state index contributed by atoms with van der Waals surface area (Å²) in [5.41, 5.74) is 2.66. The molecular formula is C16H24BrN3. The summed E-state index contributed by atoms with van der Waals surface area (Å²) in [5.74, 6) is 0. The van der Waals surface area contributed by atoms with E-state index in [4.69, 9.17) is 0 Å². The molecule has 2 heterocycles. The molecule has 2 saturated heterocycles. The van der Waals surface area contributed by atoms with Crippen molar-refractivity contribution in [2.75, 3.05) is 44.2 Å². The molecule has 4 heteroatoms. The van der Waals surface area contributed by atoms with E-state index in [1.807, 2.05) is 0 Å². The minimum absolute atomic E-state index is 0.760. The molecule has 1 aromatic carbocycles. The summed E-state index contributed by atoms with van der Waals surface area (Å²) in [5, 5.41) is 3.53. The Morgan fingerprint density at radius 2 is 2.00 bits per heavy atom. The first kappa shape index (κ1) is 14.4. The number of halogens is 1. The van der Waals surface area contributed by atoms with E-state index in [2.05, 4.69) is 56.2 Å². The molecule has 2 aliphatic heterocycles. The maximum atomic E-state index is 3.64. The van der Waals surface area contributed by atoms with E-state index in [0.29, 0.717) is 0 Å². The number of benzene rings is 1. The second kappa shape index (κ2) is 6.46. The minimum Gasteiger partial charge on any atom is -0.369 e. The third-order valence-corrected chi connectivity index (χ3v) is 5.48. The van der Waals surface area contributed by atoms with Crippen molar-refractivity contribution < 1.29 is 0 Å². The first-order chi connectivity index (χ1) is 9.74. The van der Waals surface area contributed by atoms with Crippen LogP contribution in [0.4, 0.5) is 5.69 Å². The first-order valence-electron chi connectivity index (χ1n) is 7.70. The van der Waals surface area contributed by atoms with Gasteiger partial charge in [0, 0.05) is 48.9 Å². The summed E-state index contributed by atoms with van der Waals surface area (Å²) >= 11 is 3.64. The van der Waals surface area contributed by atoms with Gasteiger partial charge in [0.2, 0.25) is 0 Å². The van der Waals surface area contributed by atoms with Crippen LogP contribution < -0.4 is 10.2 Å². The maximum Gasteiger partial charge on any atom is 0.0378 e. The lowest BCUT2D eigenvalue weighted by atomic mass is 10.0. The van der Waals surface area contributed by atoms with Crippen molar-refractivity contribution in [3.8, 4) is 0 Å². The predicted molar refractivity (Wildman–Crippen MR) is 88.6 cm³/mol. The molecule has 0 amide bonds. The molecule has 1 N–H and O–H groups in total. The molecule has 20 heavy (non-hydrogen) atoms. The number of hydrogen-bond donors (Lipinski definition) is 1. The Hall–Kier alpha value is -0.580. The van der Waals surface area contributed by atoms with Gasteiger partial charge in [-0.3, -0.25) is 4.90 Å². The van der Waals surface area contributed by atoms with Gasteiger partial charge >= 0.3 is 0 Å². The van der Waals surface area contributed by atoms with Crippen molar-refractivity contribution >= 4 is 21.6 Å². The third-order valence-electron chi connectivity index (χ3n) is 4.62. The molecule has 0 bridgehead atoms. The number of anilines is 1. The van der Waals surface area contributed by atoms with E-state index in [9.17, 15) is 0 Å². The fourth-order valence-electron chi connectivity index (χ4n) is 3.27. The van der Waals surface area contributed by atoms with Crippen molar-refractivity contribution in [1.82, 2.24) is 10.2 Å². The van der Waals surface area contributed by atoms with E-state index in [1.165, 1.54) is 54.7 Å². The molecule has 0 saturated carbocycles. The number of nitrogens with one attached hydrogen (secondary N) is 1. The van der Waals surface area contributed by atoms with Gasteiger partial charge in [-0.1, -0.05) is 22.0 Å². The van der Waals surface area contributed by atoms with Crippen LogP contribution in [-0.4, -0.2) is 50.2 Å². The average molecular weight is 338 g/mol. The second-order valence-corrected chi connectivity index (χ2v) is 6.81. The van der Waals surface area contributed by atoms with Gasteiger partial charge in [-0.25, -0.2) is 0 Å². The summed E-state index contributed by atoms with van der Waals surface area (Å²) in [7, 11) is 0. The normalized spacial score (nSPS) is 24.9. The molecular weight excluding hydrogens is 314 g/mol. The highest BCUT2D eigenvalue weighted by Crippen LogP contribution is 2.25. The van der Waals surface area contributed by atoms with Crippen molar-refractivity contribution in [2.24, 2.45) is 0 Å². The lowest BCUT2D eigenvalue weighted by Gasteiger charge is -2.41. The largest absolute Gasteiger partial charge is 0.369 e. The molecule has 0 spiro atoms. The fourth-order valence-corrected chi connectivity index (χ4v) is 3.64. The average Bonchev–Trinajstić information content (AvgIpc) is 2.51. The molecule has 3 nitrogen and oxygen atoms in total. The van der Waals surface area contributed by atoms with E-state index >= 15 is 0 Å². The highest BCUT2D eigenvalue weighted by atomic mass is 79.9. The molecule has 1 unspecified atom stereocenters. The van der Waals surface area contributed by atoms with E-state index in [0.717, 1.165) is 19.1 Å². The molecule has 3 rings (SSSR count). The predicted octanol–water partition coefficient (Wildman–Crippen LogP) is 2.63. The van der Waals surface area contributed by atoms with Gasteiger partial charge in [0.1, 0.15) is 0 Å². The minimum atomic E-state index is 0.760. The van der Waals surface area contributed by atoms with Crippen molar-refractivity contribution in [1.29, 1.82) is 0 Å². The quantitative estimate of drug-likeness (QED) is 0.894. The van der Waals surface area contributed by atoms with Gasteiger partial charge < -0.3 is 10.2 Å². The van der Waals surface area contributed by atoms with Gasteiger partial charge in [-0.15, -0.1) is 0 Å². The van der Waals surface area contributed by atoms with Crippen LogP contribution in [0.3, 0.4) is 0 Å². The van der Waals surface area contributed by atoms with Crippen LogP contribution in [0, 0.1) is 6.92 Å². The van der Waals surface area contributed by atoms with Crippen LogP contribution in [0.25, 0.3) is 0 Å². The maximum absolute atomic E-state index is 3.64. The van der Waals surface area contributed by atoms with Gasteiger partial charge in [0.15, 0.2) is 0 Å². The number of nitrogens with zero attached hydrogens (tertiary/aromatic N) is 2. The first-order valence-corrected chi connectivity index (χ1v) is 8.49. The van der Waals surface area contributed by atoms with Crippen LogP contribution in [0.2, 0.25) is 0 Å². The van der Waals surface area contributed by atoms with Crippen LogP contribution in [0.15, 0.2) is 22.7 Å². The topological polar surface area (TPSA) is 18.5 Å². The van der Waals surface area contributed by atoms with E-state index in [1.54, 1.807) is 0 Å². The summed E-state index contributed by atoms with van der Waals surface area (Å²) in [6, 6.07) is 7.47. The zero-order chi connectivity index (χ0) is 13.9. The van der Waals surface area contributed by atoms with Gasteiger partial charge in [0.25, 0.3) is 0 Å². The Labute approximate surface area is 130 Å². The molecule has 0 aliphatic carbocycles. The summed E-state index contributed by atoms with van der Waals surface area (Å²) in [4.78, 5) is 5.18. The summed E-state index contributed by atoms with van der Waals surface area (Å²) in [6.07, 6.45) is 2.69. The van der Waals surface area contributed by atoms with E-state index < -0.39 is 0 Å². The Kier molecular flexibility index (Phi) is 4.64. The van der Waals surface area contributed by atoms with Gasteiger partial charge in [0.05, 0.1) is 0 Å². The Morgan fingerprint density at radius 1 is 1.20 bits per heavy atom. The lowest BCUT2D eigenvalue weighted by molar-refractivity contribution is 0.157.